The van der Waals surface area contributed by atoms with Gasteiger partial charge in [0, 0.05) is 32.3 Å². The van der Waals surface area contributed by atoms with Gasteiger partial charge in [0.2, 0.25) is 11.9 Å². The summed E-state index contributed by atoms with van der Waals surface area (Å²) in [4.78, 5) is 20.8. The number of carbonyl (C=O) groups excluding carboxylic acids is 1. The largest absolute Gasteiger partial charge is 0.356 e. The molecule has 4 aromatic rings. The molecule has 1 aliphatic rings. The van der Waals surface area contributed by atoms with Crippen LogP contribution in [-0.4, -0.2) is 57.0 Å². The summed E-state index contributed by atoms with van der Waals surface area (Å²) in [6, 6.07) is 0. The SMILES string of the molecule is O=C1CCCn2cc(cn2)Nc2ncc3nnn(c3n2)-c2cnn(c2)CCCN1. The number of aryl methyl sites for hydroxylation is 2. The molecule has 148 valence electrons. The van der Waals surface area contributed by atoms with Crippen LogP contribution in [0.2, 0.25) is 0 Å². The lowest BCUT2D eigenvalue weighted by molar-refractivity contribution is -0.121. The first kappa shape index (κ1) is 17.3. The van der Waals surface area contributed by atoms with Gasteiger partial charge >= 0.3 is 0 Å². The van der Waals surface area contributed by atoms with Crippen LogP contribution in [0.3, 0.4) is 0 Å². The highest BCUT2D eigenvalue weighted by atomic mass is 16.1. The zero-order valence-electron chi connectivity index (χ0n) is 15.6. The van der Waals surface area contributed by atoms with Crippen molar-refractivity contribution in [3.8, 4) is 5.69 Å². The molecular formula is C17H19N11O. The molecule has 5 rings (SSSR count). The second-order valence-electron chi connectivity index (χ2n) is 6.79. The number of nitrogens with one attached hydrogen (secondary N) is 2. The minimum absolute atomic E-state index is 0.0454. The molecule has 29 heavy (non-hydrogen) atoms. The molecule has 0 spiro atoms. The van der Waals surface area contributed by atoms with Crippen molar-refractivity contribution in [2.24, 2.45) is 0 Å². The Bertz CT molecular complexity index is 1160. The van der Waals surface area contributed by atoms with Crippen LogP contribution in [0.15, 0.2) is 31.0 Å². The summed E-state index contributed by atoms with van der Waals surface area (Å²) < 4.78 is 5.24. The molecule has 0 saturated carbocycles. The van der Waals surface area contributed by atoms with Gasteiger partial charge in [0.15, 0.2) is 11.2 Å². The van der Waals surface area contributed by atoms with Crippen molar-refractivity contribution in [2.45, 2.75) is 32.4 Å². The summed E-state index contributed by atoms with van der Waals surface area (Å²) in [5.41, 5.74) is 2.69. The van der Waals surface area contributed by atoms with Gasteiger partial charge < -0.3 is 10.6 Å². The first-order chi connectivity index (χ1) is 14.2. The molecule has 0 fully saturated rings. The number of anilines is 2. The van der Waals surface area contributed by atoms with Gasteiger partial charge in [-0.1, -0.05) is 5.21 Å². The molecule has 0 aromatic carbocycles. The van der Waals surface area contributed by atoms with E-state index in [1.807, 2.05) is 17.1 Å². The highest BCUT2D eigenvalue weighted by Crippen LogP contribution is 2.17. The molecule has 0 aliphatic carbocycles. The third kappa shape index (κ3) is 3.63. The number of nitrogens with zero attached hydrogens (tertiary/aromatic N) is 9. The van der Waals surface area contributed by atoms with Gasteiger partial charge in [-0.25, -0.2) is 4.98 Å². The molecule has 0 radical (unpaired) electrons. The van der Waals surface area contributed by atoms with E-state index in [1.54, 1.807) is 28.0 Å². The number of hydrogen-bond donors (Lipinski definition) is 2. The minimum Gasteiger partial charge on any atom is -0.356 e. The molecule has 0 saturated heterocycles. The van der Waals surface area contributed by atoms with Crippen LogP contribution in [0.1, 0.15) is 19.3 Å². The molecule has 0 atom stereocenters. The summed E-state index contributed by atoms with van der Waals surface area (Å²) in [5.74, 6) is 0.467. The lowest BCUT2D eigenvalue weighted by atomic mass is 10.3. The maximum absolute atomic E-state index is 12.0. The fourth-order valence-electron chi connectivity index (χ4n) is 3.18. The van der Waals surface area contributed by atoms with E-state index in [1.165, 1.54) is 0 Å². The van der Waals surface area contributed by atoms with E-state index >= 15 is 0 Å². The Kier molecular flexibility index (Phi) is 4.35. The molecule has 12 nitrogen and oxygen atoms in total. The van der Waals surface area contributed by atoms with Crippen molar-refractivity contribution < 1.29 is 4.79 Å². The zero-order chi connectivity index (χ0) is 19.6. The lowest BCUT2D eigenvalue weighted by Crippen LogP contribution is -2.25. The smallest absolute Gasteiger partial charge is 0.229 e. The van der Waals surface area contributed by atoms with E-state index in [0.717, 1.165) is 17.8 Å². The Morgan fingerprint density at radius 1 is 1.00 bits per heavy atom. The monoisotopic (exact) mass is 393 g/mol. The molecule has 5 heterocycles. The highest BCUT2D eigenvalue weighted by molar-refractivity contribution is 5.75. The fourth-order valence-corrected chi connectivity index (χ4v) is 3.18. The van der Waals surface area contributed by atoms with Crippen molar-refractivity contribution in [3.63, 3.8) is 0 Å². The second kappa shape index (κ2) is 7.30. The van der Waals surface area contributed by atoms with Crippen LogP contribution < -0.4 is 10.6 Å². The summed E-state index contributed by atoms with van der Waals surface area (Å²) in [7, 11) is 0. The molecule has 1 amide bonds. The predicted octanol–water partition coefficient (Wildman–Crippen LogP) is 0.647. The summed E-state index contributed by atoms with van der Waals surface area (Å²) in [6.07, 6.45) is 10.7. The number of amides is 1. The Labute approximate surface area is 164 Å². The van der Waals surface area contributed by atoms with E-state index in [9.17, 15) is 4.79 Å². The molecule has 2 N–H and O–H groups in total. The summed E-state index contributed by atoms with van der Waals surface area (Å²) in [6.45, 7) is 1.94. The van der Waals surface area contributed by atoms with Gasteiger partial charge in [0.05, 0.1) is 30.5 Å². The van der Waals surface area contributed by atoms with Crippen molar-refractivity contribution in [2.75, 3.05) is 11.9 Å². The maximum atomic E-state index is 12.0. The average molecular weight is 393 g/mol. The van der Waals surface area contributed by atoms with Crippen LogP contribution in [0.4, 0.5) is 11.6 Å². The Morgan fingerprint density at radius 3 is 2.83 bits per heavy atom. The van der Waals surface area contributed by atoms with Crippen LogP contribution in [-0.2, 0) is 17.9 Å². The van der Waals surface area contributed by atoms with Gasteiger partial charge in [0.1, 0.15) is 5.69 Å². The second-order valence-corrected chi connectivity index (χ2v) is 6.79. The van der Waals surface area contributed by atoms with Crippen LogP contribution >= 0.6 is 0 Å². The summed E-state index contributed by atoms with van der Waals surface area (Å²) in [5, 5.41) is 23.1. The zero-order valence-corrected chi connectivity index (χ0v) is 15.6. The maximum Gasteiger partial charge on any atom is 0.229 e. The minimum atomic E-state index is 0.0454. The molecular weight excluding hydrogens is 374 g/mol. The summed E-state index contributed by atoms with van der Waals surface area (Å²) >= 11 is 0. The average Bonchev–Trinajstić information content (AvgIpc) is 3.44. The van der Waals surface area contributed by atoms with Crippen molar-refractivity contribution >= 4 is 28.7 Å². The fraction of sp³-hybridized carbons (Fsp3) is 0.353. The van der Waals surface area contributed by atoms with Gasteiger partial charge in [-0.05, 0) is 12.8 Å². The number of aromatic nitrogens is 9. The van der Waals surface area contributed by atoms with Crippen molar-refractivity contribution in [3.05, 3.63) is 31.0 Å². The lowest BCUT2D eigenvalue weighted by Gasteiger charge is -2.06. The third-order valence-electron chi connectivity index (χ3n) is 4.62. The Balaban J connectivity index is 1.49. The van der Waals surface area contributed by atoms with Gasteiger partial charge in [-0.2, -0.15) is 19.9 Å². The molecule has 4 aromatic heterocycles. The van der Waals surface area contributed by atoms with Crippen molar-refractivity contribution in [1.29, 1.82) is 0 Å². The number of rotatable bonds is 0. The van der Waals surface area contributed by atoms with E-state index in [0.29, 0.717) is 49.6 Å². The van der Waals surface area contributed by atoms with E-state index < -0.39 is 0 Å². The van der Waals surface area contributed by atoms with Crippen molar-refractivity contribution in [1.82, 2.24) is 49.8 Å². The predicted molar refractivity (Wildman–Crippen MR) is 103 cm³/mol. The highest BCUT2D eigenvalue weighted by Gasteiger charge is 2.13. The Hall–Kier alpha value is -3.83. The number of fused-ring (bicyclic) bond motifs is 6. The molecule has 6 bridgehead atoms. The van der Waals surface area contributed by atoms with Crippen LogP contribution in [0.25, 0.3) is 16.9 Å². The van der Waals surface area contributed by atoms with Gasteiger partial charge in [0.25, 0.3) is 0 Å². The van der Waals surface area contributed by atoms with Gasteiger partial charge in [-0.3, -0.25) is 14.2 Å². The first-order valence-corrected chi connectivity index (χ1v) is 9.42. The molecule has 12 heteroatoms. The number of carbonyl (C=O) groups is 1. The topological polar surface area (TPSA) is 133 Å². The Morgan fingerprint density at radius 2 is 1.86 bits per heavy atom. The van der Waals surface area contributed by atoms with E-state index in [4.69, 9.17) is 0 Å². The van der Waals surface area contributed by atoms with E-state index in [2.05, 4.69) is 41.1 Å². The van der Waals surface area contributed by atoms with E-state index in [-0.39, 0.29) is 5.91 Å². The van der Waals surface area contributed by atoms with Crippen LogP contribution in [0, 0.1) is 0 Å². The third-order valence-corrected chi connectivity index (χ3v) is 4.62. The first-order valence-electron chi connectivity index (χ1n) is 9.42. The van der Waals surface area contributed by atoms with Gasteiger partial charge in [-0.15, -0.1) is 5.10 Å². The molecule has 1 aliphatic heterocycles. The quantitative estimate of drug-likeness (QED) is 0.445. The van der Waals surface area contributed by atoms with Crippen LogP contribution in [0.5, 0.6) is 0 Å². The standard InChI is InChI=1S/C17H19N11O/c29-15-3-1-5-26-10-12(7-20-26)22-17-19-9-14-16(23-17)28(25-24-14)13-8-21-27(11-13)6-2-4-18-15/h7-11H,1-6H2,(H,18,29)(H,19,22,23). The molecule has 0 unspecified atom stereocenters. The number of hydrogen-bond acceptors (Lipinski definition) is 8. The normalized spacial score (nSPS) is 15.4.